The van der Waals surface area contributed by atoms with E-state index in [0.717, 1.165) is 27.9 Å². The molecule has 0 aliphatic rings. The number of thioether (sulfide) groups is 1. The third-order valence-electron chi connectivity index (χ3n) is 4.33. The molecule has 142 valence electrons. The smallest absolute Gasteiger partial charge is 0.234 e. The first kappa shape index (κ1) is 18.6. The molecule has 0 atom stereocenters. The van der Waals surface area contributed by atoms with Crippen molar-refractivity contribution < 1.29 is 9.53 Å². The molecule has 2 heterocycles. The summed E-state index contributed by atoms with van der Waals surface area (Å²) < 4.78 is 7.32. The average Bonchev–Trinajstić information content (AvgIpc) is 3.11. The topological polar surface area (TPSA) is 68.5 Å². The van der Waals surface area contributed by atoms with Crippen LogP contribution >= 0.6 is 23.4 Å². The Morgan fingerprint density at radius 2 is 1.96 bits per heavy atom. The molecule has 0 fully saturated rings. The third-order valence-corrected chi connectivity index (χ3v) is 5.52. The second kappa shape index (κ2) is 7.69. The van der Waals surface area contributed by atoms with E-state index in [2.05, 4.69) is 15.5 Å². The number of carbonyl (C=O) groups is 1. The molecule has 0 spiro atoms. The Kier molecular flexibility index (Phi) is 5.11. The van der Waals surface area contributed by atoms with Gasteiger partial charge < -0.3 is 10.1 Å². The van der Waals surface area contributed by atoms with Crippen molar-refractivity contribution in [1.82, 2.24) is 14.6 Å². The van der Waals surface area contributed by atoms with Gasteiger partial charge in [-0.2, -0.15) is 0 Å². The van der Waals surface area contributed by atoms with Crippen LogP contribution in [0.25, 0.3) is 16.6 Å². The lowest BCUT2D eigenvalue weighted by atomic mass is 10.1. The van der Waals surface area contributed by atoms with Crippen LogP contribution in [0.4, 0.5) is 5.69 Å². The molecule has 0 radical (unpaired) electrons. The zero-order chi connectivity index (χ0) is 19.7. The summed E-state index contributed by atoms with van der Waals surface area (Å²) in [6, 6.07) is 14.9. The molecule has 4 aromatic rings. The zero-order valence-corrected chi connectivity index (χ0v) is 16.8. The second-order valence-corrected chi connectivity index (χ2v) is 7.61. The summed E-state index contributed by atoms with van der Waals surface area (Å²) in [6.45, 7) is 2.04. The quantitative estimate of drug-likeness (QED) is 0.486. The molecule has 6 nitrogen and oxygen atoms in total. The molecule has 0 bridgehead atoms. The largest absolute Gasteiger partial charge is 0.497 e. The van der Waals surface area contributed by atoms with Crippen molar-refractivity contribution in [1.29, 1.82) is 0 Å². The van der Waals surface area contributed by atoms with E-state index in [0.29, 0.717) is 15.9 Å². The predicted octanol–water partition coefficient (Wildman–Crippen LogP) is 4.58. The molecular formula is C20H17ClN4O2S. The van der Waals surface area contributed by atoms with Crippen LogP contribution in [-0.2, 0) is 4.79 Å². The van der Waals surface area contributed by atoms with Crippen LogP contribution in [0.1, 0.15) is 5.56 Å². The maximum absolute atomic E-state index is 12.3. The minimum atomic E-state index is -0.127. The van der Waals surface area contributed by atoms with Crippen molar-refractivity contribution in [3.63, 3.8) is 0 Å². The van der Waals surface area contributed by atoms with Crippen LogP contribution in [0.3, 0.4) is 0 Å². The zero-order valence-electron chi connectivity index (χ0n) is 15.3. The second-order valence-electron chi connectivity index (χ2n) is 6.23. The number of ether oxygens (including phenoxy) is 1. The minimum Gasteiger partial charge on any atom is -0.497 e. The lowest BCUT2D eigenvalue weighted by Gasteiger charge is -2.09. The standard InChI is InChI=1S/C20H17ClN4O2S/c1-12-9-18-23-24-20(25(18)17-10-15(27-2)7-8-16(12)17)28-11-19(26)22-14-5-3-13(21)4-6-14/h3-10H,11H2,1-2H3,(H,22,26). The van der Waals surface area contributed by atoms with Crippen LogP contribution in [0.2, 0.25) is 5.02 Å². The van der Waals surface area contributed by atoms with Gasteiger partial charge in [0, 0.05) is 22.2 Å². The fourth-order valence-corrected chi connectivity index (χ4v) is 3.86. The van der Waals surface area contributed by atoms with E-state index in [1.807, 2.05) is 35.6 Å². The summed E-state index contributed by atoms with van der Waals surface area (Å²) in [5.74, 6) is 0.838. The third kappa shape index (κ3) is 3.63. The summed E-state index contributed by atoms with van der Waals surface area (Å²) in [6.07, 6.45) is 0. The first-order chi connectivity index (χ1) is 13.5. The number of halogens is 1. The number of fused-ring (bicyclic) bond motifs is 3. The van der Waals surface area contributed by atoms with Gasteiger partial charge in [0.05, 0.1) is 18.4 Å². The Morgan fingerprint density at radius 3 is 2.71 bits per heavy atom. The lowest BCUT2D eigenvalue weighted by molar-refractivity contribution is -0.113. The number of aryl methyl sites for hydroxylation is 1. The van der Waals surface area contributed by atoms with E-state index >= 15 is 0 Å². The van der Waals surface area contributed by atoms with Crippen molar-refractivity contribution in [2.24, 2.45) is 0 Å². The number of benzene rings is 2. The highest BCUT2D eigenvalue weighted by Gasteiger charge is 2.14. The van der Waals surface area contributed by atoms with Gasteiger partial charge in [0.2, 0.25) is 5.91 Å². The summed E-state index contributed by atoms with van der Waals surface area (Å²) >= 11 is 7.20. The summed E-state index contributed by atoms with van der Waals surface area (Å²) in [5.41, 5.74) is 3.49. The van der Waals surface area contributed by atoms with Gasteiger partial charge in [-0.1, -0.05) is 23.4 Å². The fraction of sp³-hybridized carbons (Fsp3) is 0.150. The lowest BCUT2D eigenvalue weighted by Crippen LogP contribution is -2.14. The van der Waals surface area contributed by atoms with Gasteiger partial charge in [0.25, 0.3) is 0 Å². The van der Waals surface area contributed by atoms with E-state index in [9.17, 15) is 4.79 Å². The molecule has 0 aliphatic carbocycles. The monoisotopic (exact) mass is 412 g/mol. The van der Waals surface area contributed by atoms with Crippen LogP contribution in [0.5, 0.6) is 5.75 Å². The molecule has 2 aromatic carbocycles. The maximum Gasteiger partial charge on any atom is 0.234 e. The van der Waals surface area contributed by atoms with Gasteiger partial charge in [-0.15, -0.1) is 10.2 Å². The Bertz CT molecular complexity index is 1170. The van der Waals surface area contributed by atoms with E-state index in [1.54, 1.807) is 31.4 Å². The van der Waals surface area contributed by atoms with Crippen LogP contribution in [0.15, 0.2) is 53.7 Å². The van der Waals surface area contributed by atoms with E-state index < -0.39 is 0 Å². The average molecular weight is 413 g/mol. The highest BCUT2D eigenvalue weighted by atomic mass is 35.5. The van der Waals surface area contributed by atoms with Gasteiger partial charge in [0.1, 0.15) is 5.75 Å². The normalized spacial score (nSPS) is 11.1. The summed E-state index contributed by atoms with van der Waals surface area (Å²) in [4.78, 5) is 12.3. The fourth-order valence-electron chi connectivity index (χ4n) is 2.98. The number of hydrogen-bond acceptors (Lipinski definition) is 5. The molecule has 8 heteroatoms. The number of hydrogen-bond donors (Lipinski definition) is 1. The Hall–Kier alpha value is -2.77. The summed E-state index contributed by atoms with van der Waals surface area (Å²) in [5, 5.41) is 13.7. The molecule has 28 heavy (non-hydrogen) atoms. The van der Waals surface area contributed by atoms with Crippen molar-refractivity contribution in [2.75, 3.05) is 18.2 Å². The first-order valence-electron chi connectivity index (χ1n) is 8.56. The van der Waals surface area contributed by atoms with Gasteiger partial charge in [-0.05, 0) is 55.0 Å². The van der Waals surface area contributed by atoms with Gasteiger partial charge in [0.15, 0.2) is 10.8 Å². The Labute approximate surface area is 170 Å². The molecule has 2 aromatic heterocycles. The van der Waals surface area contributed by atoms with Gasteiger partial charge >= 0.3 is 0 Å². The molecule has 1 amide bonds. The molecule has 0 aliphatic heterocycles. The van der Waals surface area contributed by atoms with Crippen molar-refractivity contribution in [3.8, 4) is 5.75 Å². The highest BCUT2D eigenvalue weighted by Crippen LogP contribution is 2.28. The van der Waals surface area contributed by atoms with Crippen LogP contribution in [-0.4, -0.2) is 33.4 Å². The SMILES string of the molecule is COc1ccc2c(C)cc3nnc(SCC(=O)Nc4ccc(Cl)cc4)n3c2c1. The number of rotatable bonds is 5. The van der Waals surface area contributed by atoms with E-state index in [-0.39, 0.29) is 11.7 Å². The van der Waals surface area contributed by atoms with E-state index in [1.165, 1.54) is 11.8 Å². The Balaban J connectivity index is 1.61. The number of carbonyl (C=O) groups excluding carboxylic acids is 1. The number of methoxy groups -OCH3 is 1. The maximum atomic E-state index is 12.3. The molecular weight excluding hydrogens is 396 g/mol. The molecule has 0 unspecified atom stereocenters. The summed E-state index contributed by atoms with van der Waals surface area (Å²) in [7, 11) is 1.64. The highest BCUT2D eigenvalue weighted by molar-refractivity contribution is 7.99. The van der Waals surface area contributed by atoms with Crippen LogP contribution < -0.4 is 10.1 Å². The molecule has 1 N–H and O–H groups in total. The van der Waals surface area contributed by atoms with Gasteiger partial charge in [-0.25, -0.2) is 0 Å². The molecule has 4 rings (SSSR count). The number of aromatic nitrogens is 3. The molecule has 0 saturated carbocycles. The predicted molar refractivity (Wildman–Crippen MR) is 113 cm³/mol. The van der Waals surface area contributed by atoms with Crippen LogP contribution in [0, 0.1) is 6.92 Å². The van der Waals surface area contributed by atoms with Crippen molar-refractivity contribution in [3.05, 3.63) is 59.1 Å². The van der Waals surface area contributed by atoms with E-state index in [4.69, 9.17) is 16.3 Å². The Morgan fingerprint density at radius 1 is 1.18 bits per heavy atom. The minimum absolute atomic E-state index is 0.127. The number of nitrogens with zero attached hydrogens (tertiary/aromatic N) is 3. The van der Waals surface area contributed by atoms with Crippen molar-refractivity contribution in [2.45, 2.75) is 12.1 Å². The number of amides is 1. The first-order valence-corrected chi connectivity index (χ1v) is 9.92. The number of pyridine rings is 1. The number of nitrogens with one attached hydrogen (secondary N) is 1. The van der Waals surface area contributed by atoms with Crippen molar-refractivity contribution >= 4 is 51.5 Å². The van der Waals surface area contributed by atoms with Gasteiger partial charge in [-0.3, -0.25) is 9.20 Å². The number of anilines is 1. The molecule has 0 saturated heterocycles.